The summed E-state index contributed by atoms with van der Waals surface area (Å²) in [6.45, 7) is -0.0884. The average Bonchev–Trinajstić information content (AvgIpc) is 2.66. The molecular formula is C19H16ClN3O3. The molecule has 0 radical (unpaired) electrons. The number of pyridine rings is 1. The zero-order chi connectivity index (χ0) is 18.4. The SMILES string of the molecule is O=C(CNC(=O)OCc1ccccc1)Nc1ccc2cccc(Cl)c2n1. The number of carbonyl (C=O) groups excluding carboxylic acids is 2. The van der Waals surface area contributed by atoms with Crippen LogP contribution in [0.5, 0.6) is 0 Å². The van der Waals surface area contributed by atoms with E-state index in [2.05, 4.69) is 15.6 Å². The van der Waals surface area contributed by atoms with Gasteiger partial charge in [0.2, 0.25) is 5.91 Å². The third-order valence-electron chi connectivity index (χ3n) is 3.54. The molecule has 0 saturated heterocycles. The Labute approximate surface area is 155 Å². The second-order valence-electron chi connectivity index (χ2n) is 5.47. The summed E-state index contributed by atoms with van der Waals surface area (Å²) in [5.74, 6) is -0.0596. The number of fused-ring (bicyclic) bond motifs is 1. The van der Waals surface area contributed by atoms with Crippen molar-refractivity contribution in [2.75, 3.05) is 11.9 Å². The summed E-state index contributed by atoms with van der Waals surface area (Å²) >= 11 is 6.10. The molecule has 7 heteroatoms. The van der Waals surface area contributed by atoms with Crippen molar-refractivity contribution in [3.05, 3.63) is 71.2 Å². The van der Waals surface area contributed by atoms with E-state index in [1.165, 1.54) is 0 Å². The molecule has 0 aliphatic carbocycles. The van der Waals surface area contributed by atoms with Gasteiger partial charge in [0, 0.05) is 5.39 Å². The lowest BCUT2D eigenvalue weighted by molar-refractivity contribution is -0.115. The number of halogens is 1. The van der Waals surface area contributed by atoms with Crippen LogP contribution in [0.4, 0.5) is 10.6 Å². The molecule has 0 fully saturated rings. The maximum absolute atomic E-state index is 12.0. The normalized spacial score (nSPS) is 10.3. The number of para-hydroxylation sites is 1. The number of hydrogen-bond acceptors (Lipinski definition) is 4. The van der Waals surface area contributed by atoms with Gasteiger partial charge in [-0.3, -0.25) is 4.79 Å². The van der Waals surface area contributed by atoms with Gasteiger partial charge in [-0.2, -0.15) is 0 Å². The highest BCUT2D eigenvalue weighted by Crippen LogP contribution is 2.22. The number of carbonyl (C=O) groups is 2. The van der Waals surface area contributed by atoms with Gasteiger partial charge in [0.15, 0.2) is 0 Å². The van der Waals surface area contributed by atoms with Crippen LogP contribution in [0.3, 0.4) is 0 Å². The summed E-state index contributed by atoms with van der Waals surface area (Å²) in [7, 11) is 0. The van der Waals surface area contributed by atoms with Crippen molar-refractivity contribution in [1.82, 2.24) is 10.3 Å². The molecule has 2 amide bonds. The van der Waals surface area contributed by atoms with E-state index < -0.39 is 12.0 Å². The third kappa shape index (κ3) is 4.70. The molecule has 2 aromatic carbocycles. The van der Waals surface area contributed by atoms with Gasteiger partial charge in [-0.25, -0.2) is 9.78 Å². The minimum atomic E-state index is -0.668. The molecule has 0 aliphatic rings. The summed E-state index contributed by atoms with van der Waals surface area (Å²) in [4.78, 5) is 27.9. The molecule has 6 nitrogen and oxygen atoms in total. The standard InChI is InChI=1S/C19H16ClN3O3/c20-15-8-4-7-14-9-10-16(23-18(14)15)22-17(24)11-21-19(25)26-12-13-5-2-1-3-6-13/h1-10H,11-12H2,(H,21,25)(H,22,23,24). The third-order valence-corrected chi connectivity index (χ3v) is 3.85. The fourth-order valence-electron chi connectivity index (χ4n) is 2.29. The van der Waals surface area contributed by atoms with Crippen molar-refractivity contribution in [2.24, 2.45) is 0 Å². The van der Waals surface area contributed by atoms with E-state index in [1.807, 2.05) is 48.5 Å². The van der Waals surface area contributed by atoms with E-state index in [1.54, 1.807) is 12.1 Å². The van der Waals surface area contributed by atoms with Crippen LogP contribution in [-0.2, 0) is 16.1 Å². The average molecular weight is 370 g/mol. The first kappa shape index (κ1) is 17.7. The molecule has 3 aromatic rings. The van der Waals surface area contributed by atoms with Crippen LogP contribution in [0.2, 0.25) is 5.02 Å². The van der Waals surface area contributed by atoms with Gasteiger partial charge in [-0.1, -0.05) is 54.1 Å². The Morgan fingerprint density at radius 3 is 2.62 bits per heavy atom. The number of hydrogen-bond donors (Lipinski definition) is 2. The largest absolute Gasteiger partial charge is 0.445 e. The van der Waals surface area contributed by atoms with Gasteiger partial charge in [0.1, 0.15) is 19.0 Å². The summed E-state index contributed by atoms with van der Waals surface area (Å²) in [5.41, 5.74) is 1.46. The lowest BCUT2D eigenvalue weighted by Crippen LogP contribution is -2.33. The second-order valence-corrected chi connectivity index (χ2v) is 5.88. The lowest BCUT2D eigenvalue weighted by Gasteiger charge is -2.08. The molecule has 3 rings (SSSR count). The minimum Gasteiger partial charge on any atom is -0.445 e. The molecule has 132 valence electrons. The Kier molecular flexibility index (Phi) is 5.66. The van der Waals surface area contributed by atoms with Crippen LogP contribution in [0.25, 0.3) is 10.9 Å². The van der Waals surface area contributed by atoms with Gasteiger partial charge in [0.05, 0.1) is 10.5 Å². The van der Waals surface area contributed by atoms with Gasteiger partial charge in [-0.15, -0.1) is 0 Å². The predicted octanol–water partition coefficient (Wildman–Crippen LogP) is 3.75. The quantitative estimate of drug-likeness (QED) is 0.717. The zero-order valence-corrected chi connectivity index (χ0v) is 14.5. The van der Waals surface area contributed by atoms with Crippen molar-refractivity contribution in [2.45, 2.75) is 6.61 Å². The van der Waals surface area contributed by atoms with Crippen LogP contribution in [0.1, 0.15) is 5.56 Å². The lowest BCUT2D eigenvalue weighted by atomic mass is 10.2. The van der Waals surface area contributed by atoms with E-state index in [0.717, 1.165) is 10.9 Å². The molecule has 1 heterocycles. The highest BCUT2D eigenvalue weighted by Gasteiger charge is 2.09. The summed E-state index contributed by atoms with van der Waals surface area (Å²) in [5, 5.41) is 6.38. The number of ether oxygens (including phenoxy) is 1. The predicted molar refractivity (Wildman–Crippen MR) is 100 cm³/mol. The topological polar surface area (TPSA) is 80.3 Å². The fraction of sp³-hybridized carbons (Fsp3) is 0.105. The second kappa shape index (κ2) is 8.31. The van der Waals surface area contributed by atoms with E-state index in [4.69, 9.17) is 16.3 Å². The number of benzene rings is 2. The van der Waals surface area contributed by atoms with Crippen molar-refractivity contribution < 1.29 is 14.3 Å². The molecule has 0 aliphatic heterocycles. The number of alkyl carbamates (subject to hydrolysis) is 1. The highest BCUT2D eigenvalue weighted by atomic mass is 35.5. The number of nitrogens with one attached hydrogen (secondary N) is 2. The summed E-state index contributed by atoms with van der Waals surface area (Å²) in [6, 6.07) is 18.2. The van der Waals surface area contributed by atoms with Crippen molar-refractivity contribution in [1.29, 1.82) is 0 Å². The molecule has 2 N–H and O–H groups in total. The molecule has 0 unspecified atom stereocenters. The first-order valence-corrected chi connectivity index (χ1v) is 8.29. The van der Waals surface area contributed by atoms with E-state index in [0.29, 0.717) is 16.4 Å². The van der Waals surface area contributed by atoms with Crippen LogP contribution in [0.15, 0.2) is 60.7 Å². The molecule has 1 aromatic heterocycles. The minimum absolute atomic E-state index is 0.138. The monoisotopic (exact) mass is 369 g/mol. The van der Waals surface area contributed by atoms with Crippen LogP contribution >= 0.6 is 11.6 Å². The van der Waals surface area contributed by atoms with Crippen molar-refractivity contribution in [3.63, 3.8) is 0 Å². The Hall–Kier alpha value is -3.12. The summed E-state index contributed by atoms with van der Waals surface area (Å²) < 4.78 is 5.04. The Morgan fingerprint density at radius 2 is 1.81 bits per heavy atom. The smallest absolute Gasteiger partial charge is 0.407 e. The molecule has 0 spiro atoms. The summed E-state index contributed by atoms with van der Waals surface area (Å²) in [6.07, 6.45) is -0.668. The molecule has 0 atom stereocenters. The van der Waals surface area contributed by atoms with Gasteiger partial charge >= 0.3 is 6.09 Å². The molecule has 26 heavy (non-hydrogen) atoms. The number of nitrogens with zero attached hydrogens (tertiary/aromatic N) is 1. The number of amides is 2. The number of anilines is 1. The van der Waals surface area contributed by atoms with Crippen molar-refractivity contribution >= 4 is 40.3 Å². The van der Waals surface area contributed by atoms with E-state index >= 15 is 0 Å². The first-order valence-electron chi connectivity index (χ1n) is 7.91. The van der Waals surface area contributed by atoms with Crippen molar-refractivity contribution in [3.8, 4) is 0 Å². The molecular weight excluding hydrogens is 354 g/mol. The Balaban J connectivity index is 1.49. The first-order chi connectivity index (χ1) is 12.6. The molecule has 0 bridgehead atoms. The van der Waals surface area contributed by atoms with Gasteiger partial charge in [0.25, 0.3) is 0 Å². The highest BCUT2D eigenvalue weighted by molar-refractivity contribution is 6.35. The Bertz CT molecular complexity index is 932. The van der Waals surface area contributed by atoms with Gasteiger partial charge < -0.3 is 15.4 Å². The van der Waals surface area contributed by atoms with E-state index in [-0.39, 0.29) is 13.2 Å². The van der Waals surface area contributed by atoms with Crippen LogP contribution in [0, 0.1) is 0 Å². The van der Waals surface area contributed by atoms with Crippen LogP contribution < -0.4 is 10.6 Å². The van der Waals surface area contributed by atoms with Gasteiger partial charge in [-0.05, 0) is 23.8 Å². The number of rotatable bonds is 5. The maximum Gasteiger partial charge on any atom is 0.407 e. The fourth-order valence-corrected chi connectivity index (χ4v) is 2.52. The van der Waals surface area contributed by atoms with Crippen LogP contribution in [-0.4, -0.2) is 23.5 Å². The number of aromatic nitrogens is 1. The molecule has 0 saturated carbocycles. The van der Waals surface area contributed by atoms with E-state index in [9.17, 15) is 9.59 Å². The maximum atomic E-state index is 12.0. The zero-order valence-electron chi connectivity index (χ0n) is 13.7. The Morgan fingerprint density at radius 1 is 1.00 bits per heavy atom.